The van der Waals surface area contributed by atoms with Gasteiger partial charge in [-0.05, 0) is 72.3 Å². The number of hydrogen-bond donors (Lipinski definition) is 1. The fourth-order valence-corrected chi connectivity index (χ4v) is 4.59. The molecule has 0 radical (unpaired) electrons. The molecule has 1 aromatic carbocycles. The fraction of sp³-hybridized carbons (Fsp3) is 0.350. The summed E-state index contributed by atoms with van der Waals surface area (Å²) in [4.78, 5) is 7.06. The number of halogens is 1. The lowest BCUT2D eigenvalue weighted by atomic mass is 9.90. The highest BCUT2D eigenvalue weighted by atomic mass is 35.5. The van der Waals surface area contributed by atoms with Gasteiger partial charge in [0.2, 0.25) is 0 Å². The maximum Gasteiger partial charge on any atom is 0.0737 e. The lowest BCUT2D eigenvalue weighted by molar-refractivity contribution is 0.375. The van der Waals surface area contributed by atoms with E-state index in [1.54, 1.807) is 11.3 Å². The summed E-state index contributed by atoms with van der Waals surface area (Å²) in [5.41, 5.74) is 9.69. The third-order valence-corrected chi connectivity index (χ3v) is 6.07. The summed E-state index contributed by atoms with van der Waals surface area (Å²) in [6.07, 6.45) is 6.37. The standard InChI is InChI=1S/C20H22ClN3S/c21-15-1-6-18-19(11-15)23-9-7-20(18)24(12-14-8-10-25-13-14)17-4-2-16(22)3-5-17/h1,6-11,13,16-17H,2-5,12,22H2. The van der Waals surface area contributed by atoms with Gasteiger partial charge in [-0.2, -0.15) is 11.3 Å². The number of anilines is 1. The minimum absolute atomic E-state index is 0.354. The van der Waals surface area contributed by atoms with Crippen molar-refractivity contribution in [1.29, 1.82) is 0 Å². The largest absolute Gasteiger partial charge is 0.364 e. The summed E-state index contributed by atoms with van der Waals surface area (Å²) in [5, 5.41) is 6.28. The monoisotopic (exact) mass is 371 g/mol. The quantitative estimate of drug-likeness (QED) is 0.683. The minimum Gasteiger partial charge on any atom is -0.364 e. The van der Waals surface area contributed by atoms with Crippen LogP contribution in [0.25, 0.3) is 10.9 Å². The average molecular weight is 372 g/mol. The van der Waals surface area contributed by atoms with Gasteiger partial charge in [-0.15, -0.1) is 0 Å². The molecule has 2 aromatic heterocycles. The van der Waals surface area contributed by atoms with Gasteiger partial charge in [0.25, 0.3) is 0 Å². The van der Waals surface area contributed by atoms with Gasteiger partial charge in [-0.3, -0.25) is 4.98 Å². The number of benzene rings is 1. The van der Waals surface area contributed by atoms with Crippen molar-refractivity contribution < 1.29 is 0 Å². The molecule has 4 rings (SSSR count). The first-order valence-corrected chi connectivity index (χ1v) is 10.1. The van der Waals surface area contributed by atoms with Gasteiger partial charge in [0.1, 0.15) is 0 Å². The van der Waals surface area contributed by atoms with Gasteiger partial charge in [0.15, 0.2) is 0 Å². The Bertz CT molecular complexity index is 841. The van der Waals surface area contributed by atoms with E-state index in [0.717, 1.165) is 48.2 Å². The van der Waals surface area contributed by atoms with Crippen molar-refractivity contribution in [3.63, 3.8) is 0 Å². The molecule has 0 unspecified atom stereocenters. The Kier molecular flexibility index (Phi) is 4.93. The predicted molar refractivity (Wildman–Crippen MR) is 107 cm³/mol. The molecule has 1 saturated carbocycles. The van der Waals surface area contributed by atoms with E-state index in [9.17, 15) is 0 Å². The first kappa shape index (κ1) is 16.8. The summed E-state index contributed by atoms with van der Waals surface area (Å²) >= 11 is 7.92. The summed E-state index contributed by atoms with van der Waals surface area (Å²) < 4.78 is 0. The van der Waals surface area contributed by atoms with Crippen molar-refractivity contribution in [2.24, 2.45) is 5.73 Å². The number of thiophene rings is 1. The molecule has 1 aliphatic rings. The van der Waals surface area contributed by atoms with Crippen LogP contribution in [0.1, 0.15) is 31.2 Å². The van der Waals surface area contributed by atoms with Crippen molar-refractivity contribution in [2.75, 3.05) is 4.90 Å². The lowest BCUT2D eigenvalue weighted by Crippen LogP contribution is -2.40. The Labute approximate surface area is 157 Å². The van der Waals surface area contributed by atoms with E-state index in [1.807, 2.05) is 18.3 Å². The summed E-state index contributed by atoms with van der Waals surface area (Å²) in [7, 11) is 0. The van der Waals surface area contributed by atoms with Crippen molar-refractivity contribution >= 4 is 39.5 Å². The van der Waals surface area contributed by atoms with Crippen LogP contribution in [0.2, 0.25) is 5.02 Å². The number of fused-ring (bicyclic) bond motifs is 1. The smallest absolute Gasteiger partial charge is 0.0737 e. The zero-order valence-corrected chi connectivity index (χ0v) is 15.6. The number of nitrogens with zero attached hydrogens (tertiary/aromatic N) is 2. The number of pyridine rings is 1. The molecule has 5 heteroatoms. The summed E-state index contributed by atoms with van der Waals surface area (Å²) in [5.74, 6) is 0. The van der Waals surface area contributed by atoms with Gasteiger partial charge >= 0.3 is 0 Å². The molecule has 0 saturated heterocycles. The molecule has 1 fully saturated rings. The van der Waals surface area contributed by atoms with Crippen LogP contribution in [0.3, 0.4) is 0 Å². The molecule has 0 bridgehead atoms. The van der Waals surface area contributed by atoms with Gasteiger partial charge in [-0.25, -0.2) is 0 Å². The maximum absolute atomic E-state index is 6.16. The highest BCUT2D eigenvalue weighted by Gasteiger charge is 2.26. The maximum atomic E-state index is 6.16. The van der Waals surface area contributed by atoms with Crippen LogP contribution < -0.4 is 10.6 Å². The number of nitrogens with two attached hydrogens (primary N) is 1. The first-order chi connectivity index (χ1) is 12.2. The third kappa shape index (κ3) is 3.66. The normalized spacial score (nSPS) is 20.7. The predicted octanol–water partition coefficient (Wildman–Crippen LogP) is 5.23. The molecule has 130 valence electrons. The Hall–Kier alpha value is -1.62. The first-order valence-electron chi connectivity index (χ1n) is 8.78. The molecular weight excluding hydrogens is 350 g/mol. The van der Waals surface area contributed by atoms with E-state index in [-0.39, 0.29) is 0 Å². The molecule has 2 N–H and O–H groups in total. The van der Waals surface area contributed by atoms with Gasteiger partial charge in [0.05, 0.1) is 5.52 Å². The number of aromatic nitrogens is 1. The second kappa shape index (κ2) is 7.32. The van der Waals surface area contributed by atoms with Crippen molar-refractivity contribution in [2.45, 2.75) is 44.3 Å². The molecule has 0 atom stereocenters. The topological polar surface area (TPSA) is 42.1 Å². The number of hydrogen-bond acceptors (Lipinski definition) is 4. The van der Waals surface area contributed by atoms with E-state index in [2.05, 4.69) is 38.8 Å². The van der Waals surface area contributed by atoms with E-state index in [1.165, 1.54) is 11.3 Å². The van der Waals surface area contributed by atoms with Crippen LogP contribution in [0.5, 0.6) is 0 Å². The lowest BCUT2D eigenvalue weighted by Gasteiger charge is -2.38. The highest BCUT2D eigenvalue weighted by molar-refractivity contribution is 7.07. The molecular formula is C20H22ClN3S. The Morgan fingerprint density at radius 3 is 2.76 bits per heavy atom. The van der Waals surface area contributed by atoms with Crippen LogP contribution >= 0.6 is 22.9 Å². The molecule has 3 nitrogen and oxygen atoms in total. The molecule has 3 aromatic rings. The Balaban J connectivity index is 1.74. The van der Waals surface area contributed by atoms with E-state index < -0.39 is 0 Å². The van der Waals surface area contributed by atoms with Gasteiger partial charge in [0, 0.05) is 40.9 Å². The molecule has 2 heterocycles. The molecule has 25 heavy (non-hydrogen) atoms. The van der Waals surface area contributed by atoms with E-state index >= 15 is 0 Å². The van der Waals surface area contributed by atoms with Crippen molar-refractivity contribution in [3.8, 4) is 0 Å². The second-order valence-electron chi connectivity index (χ2n) is 6.82. The highest BCUT2D eigenvalue weighted by Crippen LogP contribution is 2.34. The van der Waals surface area contributed by atoms with Crippen LogP contribution in [0, 0.1) is 0 Å². The Morgan fingerprint density at radius 2 is 2.00 bits per heavy atom. The van der Waals surface area contributed by atoms with Crippen LogP contribution in [0.15, 0.2) is 47.3 Å². The molecule has 1 aliphatic carbocycles. The number of rotatable bonds is 4. The zero-order chi connectivity index (χ0) is 17.2. The molecule has 0 amide bonds. The van der Waals surface area contributed by atoms with Crippen molar-refractivity contribution in [1.82, 2.24) is 4.98 Å². The fourth-order valence-electron chi connectivity index (χ4n) is 3.76. The van der Waals surface area contributed by atoms with Crippen LogP contribution in [-0.2, 0) is 6.54 Å². The SMILES string of the molecule is NC1CCC(N(Cc2ccsc2)c2ccnc3cc(Cl)ccc23)CC1. The summed E-state index contributed by atoms with van der Waals surface area (Å²) in [6.45, 7) is 0.922. The summed E-state index contributed by atoms with van der Waals surface area (Å²) in [6, 6.07) is 11.2. The van der Waals surface area contributed by atoms with Crippen LogP contribution in [-0.4, -0.2) is 17.1 Å². The Morgan fingerprint density at radius 1 is 1.16 bits per heavy atom. The average Bonchev–Trinajstić information content (AvgIpc) is 3.13. The van der Waals surface area contributed by atoms with Gasteiger partial charge in [-0.1, -0.05) is 11.6 Å². The molecule has 0 spiro atoms. The van der Waals surface area contributed by atoms with Gasteiger partial charge < -0.3 is 10.6 Å². The van der Waals surface area contributed by atoms with Crippen LogP contribution in [0.4, 0.5) is 5.69 Å². The van der Waals surface area contributed by atoms with E-state index in [4.69, 9.17) is 17.3 Å². The zero-order valence-electron chi connectivity index (χ0n) is 14.1. The molecule has 0 aliphatic heterocycles. The van der Waals surface area contributed by atoms with E-state index in [0.29, 0.717) is 12.1 Å². The minimum atomic E-state index is 0.354. The second-order valence-corrected chi connectivity index (χ2v) is 8.04. The third-order valence-electron chi connectivity index (χ3n) is 5.11. The van der Waals surface area contributed by atoms with Crippen molar-refractivity contribution in [3.05, 3.63) is 57.9 Å².